The number of nitrogens with one attached hydrogen (secondary N) is 1. The number of aromatic nitrogens is 3. The lowest BCUT2D eigenvalue weighted by atomic mass is 10.1. The molecule has 8 heteroatoms. The summed E-state index contributed by atoms with van der Waals surface area (Å²) < 4.78 is 7.29. The normalized spacial score (nSPS) is 12.7. The van der Waals surface area contributed by atoms with E-state index in [0.717, 1.165) is 29.8 Å². The number of hydrogen-bond donors (Lipinski definition) is 1. The Bertz CT molecular complexity index is 937. The molecule has 0 amide bonds. The number of guanidine groups is 1. The molecular formula is C22H30N6OS. The SMILES string of the molecule is CCNC(=NCc1cccc(Cn2cccn2)c1)N(C)Cc1csc(C(C)OC)n1. The van der Waals surface area contributed by atoms with Crippen molar-refractivity contribution < 1.29 is 4.74 Å². The van der Waals surface area contributed by atoms with Crippen molar-refractivity contribution in [3.8, 4) is 0 Å². The van der Waals surface area contributed by atoms with Crippen molar-refractivity contribution in [2.75, 3.05) is 20.7 Å². The molecule has 0 aliphatic carbocycles. The van der Waals surface area contributed by atoms with Gasteiger partial charge in [0.15, 0.2) is 5.96 Å². The van der Waals surface area contributed by atoms with Crippen molar-refractivity contribution in [2.24, 2.45) is 4.99 Å². The quantitative estimate of drug-likeness (QED) is 0.417. The Morgan fingerprint density at radius 1 is 1.33 bits per heavy atom. The van der Waals surface area contributed by atoms with E-state index in [1.54, 1.807) is 24.6 Å². The van der Waals surface area contributed by atoms with Gasteiger partial charge in [0.2, 0.25) is 0 Å². The Kier molecular flexibility index (Phi) is 7.98. The molecule has 160 valence electrons. The van der Waals surface area contributed by atoms with Crippen molar-refractivity contribution in [3.05, 3.63) is 69.9 Å². The van der Waals surface area contributed by atoms with E-state index in [1.165, 1.54) is 11.1 Å². The number of methoxy groups -OCH3 is 1. The van der Waals surface area contributed by atoms with E-state index >= 15 is 0 Å². The second kappa shape index (κ2) is 10.9. The minimum absolute atomic E-state index is 0.0185. The van der Waals surface area contributed by atoms with Crippen molar-refractivity contribution >= 4 is 17.3 Å². The minimum atomic E-state index is 0.0185. The zero-order valence-electron chi connectivity index (χ0n) is 18.1. The fourth-order valence-electron chi connectivity index (χ4n) is 3.04. The molecule has 0 bridgehead atoms. The molecule has 2 aromatic heterocycles. The molecule has 30 heavy (non-hydrogen) atoms. The molecule has 3 aromatic rings. The third-order valence-corrected chi connectivity index (χ3v) is 5.73. The Morgan fingerprint density at radius 2 is 2.17 bits per heavy atom. The maximum Gasteiger partial charge on any atom is 0.194 e. The van der Waals surface area contributed by atoms with Gasteiger partial charge >= 0.3 is 0 Å². The van der Waals surface area contributed by atoms with Crippen molar-refractivity contribution in [1.82, 2.24) is 25.0 Å². The summed E-state index contributed by atoms with van der Waals surface area (Å²) in [4.78, 5) is 11.6. The van der Waals surface area contributed by atoms with Crippen LogP contribution in [-0.4, -0.2) is 46.3 Å². The number of hydrogen-bond acceptors (Lipinski definition) is 5. The van der Waals surface area contributed by atoms with Crippen LogP contribution in [0, 0.1) is 0 Å². The summed E-state index contributed by atoms with van der Waals surface area (Å²) in [7, 11) is 3.74. The molecule has 0 aliphatic heterocycles. The Morgan fingerprint density at radius 3 is 2.90 bits per heavy atom. The predicted octanol–water partition coefficient (Wildman–Crippen LogP) is 3.69. The highest BCUT2D eigenvalue weighted by Crippen LogP contribution is 2.21. The molecule has 0 spiro atoms. The molecule has 1 unspecified atom stereocenters. The lowest BCUT2D eigenvalue weighted by Crippen LogP contribution is -2.38. The second-order valence-corrected chi connectivity index (χ2v) is 7.99. The molecule has 1 atom stereocenters. The first-order valence-corrected chi connectivity index (χ1v) is 11.0. The van der Waals surface area contributed by atoms with Crippen LogP contribution in [0.1, 0.15) is 41.8 Å². The summed E-state index contributed by atoms with van der Waals surface area (Å²) in [6, 6.07) is 10.4. The number of rotatable bonds is 9. The minimum Gasteiger partial charge on any atom is -0.375 e. The summed E-state index contributed by atoms with van der Waals surface area (Å²) in [6.07, 6.45) is 3.79. The van der Waals surface area contributed by atoms with E-state index in [9.17, 15) is 0 Å². The number of aliphatic imine (C=N–C) groups is 1. The highest BCUT2D eigenvalue weighted by Gasteiger charge is 2.12. The maximum absolute atomic E-state index is 5.36. The van der Waals surface area contributed by atoms with Gasteiger partial charge in [0, 0.05) is 38.5 Å². The van der Waals surface area contributed by atoms with Crippen LogP contribution in [0.3, 0.4) is 0 Å². The third kappa shape index (κ3) is 6.14. The van der Waals surface area contributed by atoms with Gasteiger partial charge in [0.25, 0.3) is 0 Å². The van der Waals surface area contributed by atoms with E-state index in [-0.39, 0.29) is 6.10 Å². The monoisotopic (exact) mass is 426 g/mol. The van der Waals surface area contributed by atoms with E-state index in [0.29, 0.717) is 13.1 Å². The number of benzene rings is 1. The van der Waals surface area contributed by atoms with Crippen molar-refractivity contribution in [1.29, 1.82) is 0 Å². The van der Waals surface area contributed by atoms with Gasteiger partial charge in [-0.3, -0.25) is 4.68 Å². The largest absolute Gasteiger partial charge is 0.375 e. The molecule has 0 saturated heterocycles. The van der Waals surface area contributed by atoms with Gasteiger partial charge in [0.05, 0.1) is 25.3 Å². The van der Waals surface area contributed by atoms with Crippen LogP contribution in [0.2, 0.25) is 0 Å². The number of thiazole rings is 1. The lowest BCUT2D eigenvalue weighted by molar-refractivity contribution is 0.119. The van der Waals surface area contributed by atoms with Crippen LogP contribution in [0.5, 0.6) is 0 Å². The topological polar surface area (TPSA) is 67.6 Å². The van der Waals surface area contributed by atoms with Gasteiger partial charge in [-0.25, -0.2) is 9.98 Å². The van der Waals surface area contributed by atoms with Gasteiger partial charge in [-0.05, 0) is 31.0 Å². The summed E-state index contributed by atoms with van der Waals surface area (Å²) in [5, 5.41) is 10.7. The summed E-state index contributed by atoms with van der Waals surface area (Å²) in [5.41, 5.74) is 3.41. The third-order valence-electron chi connectivity index (χ3n) is 4.67. The van der Waals surface area contributed by atoms with E-state index in [2.05, 4.69) is 56.9 Å². The summed E-state index contributed by atoms with van der Waals surface area (Å²) >= 11 is 1.63. The van der Waals surface area contributed by atoms with Crippen molar-refractivity contribution in [3.63, 3.8) is 0 Å². The fraction of sp³-hybridized carbons (Fsp3) is 0.409. The van der Waals surface area contributed by atoms with Crippen molar-refractivity contribution in [2.45, 2.75) is 39.6 Å². The Hall–Kier alpha value is -2.71. The van der Waals surface area contributed by atoms with Gasteiger partial charge in [-0.15, -0.1) is 11.3 Å². The van der Waals surface area contributed by atoms with Gasteiger partial charge in [-0.2, -0.15) is 5.10 Å². The van der Waals surface area contributed by atoms with E-state index < -0.39 is 0 Å². The van der Waals surface area contributed by atoms with E-state index in [1.807, 2.05) is 30.9 Å². The molecule has 0 saturated carbocycles. The maximum atomic E-state index is 5.36. The van der Waals surface area contributed by atoms with Crippen LogP contribution in [0.4, 0.5) is 0 Å². The lowest BCUT2D eigenvalue weighted by Gasteiger charge is -2.21. The average molecular weight is 427 g/mol. The van der Waals surface area contributed by atoms with Gasteiger partial charge in [0.1, 0.15) is 11.1 Å². The van der Waals surface area contributed by atoms with Crippen LogP contribution in [0.25, 0.3) is 0 Å². The number of nitrogens with zero attached hydrogens (tertiary/aromatic N) is 5. The first kappa shape index (κ1) is 22.0. The second-order valence-electron chi connectivity index (χ2n) is 7.10. The van der Waals surface area contributed by atoms with E-state index in [4.69, 9.17) is 9.73 Å². The first-order chi connectivity index (χ1) is 14.6. The van der Waals surface area contributed by atoms with Crippen LogP contribution < -0.4 is 5.32 Å². The average Bonchev–Trinajstić information content (AvgIpc) is 3.43. The molecule has 2 heterocycles. The molecule has 0 radical (unpaired) electrons. The molecule has 0 aliphatic rings. The first-order valence-electron chi connectivity index (χ1n) is 10.1. The Labute approximate surface area is 182 Å². The van der Waals surface area contributed by atoms with Gasteiger partial charge in [-0.1, -0.05) is 24.3 Å². The molecule has 7 nitrogen and oxygen atoms in total. The highest BCUT2D eigenvalue weighted by molar-refractivity contribution is 7.09. The standard InChI is InChI=1S/C22H30N6OS/c1-5-23-22(27(3)15-20-16-30-21(26-20)17(2)29-4)24-13-18-8-6-9-19(12-18)14-28-11-7-10-25-28/h6-12,16-17H,5,13-15H2,1-4H3,(H,23,24). The molecule has 1 aromatic carbocycles. The van der Waals surface area contributed by atoms with Crippen LogP contribution in [-0.2, 0) is 24.4 Å². The number of ether oxygens (including phenoxy) is 1. The fourth-order valence-corrected chi connectivity index (χ4v) is 3.89. The smallest absolute Gasteiger partial charge is 0.194 e. The van der Waals surface area contributed by atoms with Crippen LogP contribution in [0.15, 0.2) is 53.1 Å². The summed E-state index contributed by atoms with van der Waals surface area (Å²) in [6.45, 7) is 6.97. The predicted molar refractivity (Wildman–Crippen MR) is 122 cm³/mol. The van der Waals surface area contributed by atoms with Crippen LogP contribution >= 0.6 is 11.3 Å². The molecule has 0 fully saturated rings. The molecule has 3 rings (SSSR count). The highest BCUT2D eigenvalue weighted by atomic mass is 32.1. The van der Waals surface area contributed by atoms with Gasteiger partial charge < -0.3 is 15.0 Å². The molecule has 1 N–H and O–H groups in total. The zero-order chi connectivity index (χ0) is 21.3. The summed E-state index contributed by atoms with van der Waals surface area (Å²) in [5.74, 6) is 0.865. The zero-order valence-corrected chi connectivity index (χ0v) is 18.9. The molecular weight excluding hydrogens is 396 g/mol. The Balaban J connectivity index is 1.65.